The fourth-order valence-electron chi connectivity index (χ4n) is 6.19. The van der Waals surface area contributed by atoms with Gasteiger partial charge in [0.1, 0.15) is 0 Å². The second-order valence-electron chi connectivity index (χ2n) is 11.3. The van der Waals surface area contributed by atoms with Gasteiger partial charge in [0.25, 0.3) is 5.56 Å². The van der Waals surface area contributed by atoms with Gasteiger partial charge in [-0.2, -0.15) is 0 Å². The molecule has 0 aliphatic carbocycles. The molecule has 0 amide bonds. The number of aromatic amines is 1. The summed E-state index contributed by atoms with van der Waals surface area (Å²) in [6.45, 7) is 6.12. The molecule has 1 N–H and O–H groups in total. The van der Waals surface area contributed by atoms with Crippen molar-refractivity contribution in [2.45, 2.75) is 26.8 Å². The Morgan fingerprint density at radius 1 is 0.978 bits per heavy atom. The fourth-order valence-corrected chi connectivity index (χ4v) is 7.30. The van der Waals surface area contributed by atoms with Crippen LogP contribution in [0.25, 0.3) is 33.9 Å². The molecule has 0 saturated heterocycles. The summed E-state index contributed by atoms with van der Waals surface area (Å²) in [6.07, 6.45) is 1.96. The first-order valence-corrected chi connectivity index (χ1v) is 16.3. The van der Waals surface area contributed by atoms with Crippen molar-refractivity contribution in [1.82, 2.24) is 9.55 Å². The molecule has 228 valence electrons. The van der Waals surface area contributed by atoms with Crippen molar-refractivity contribution in [1.29, 1.82) is 0 Å². The number of hydrogen-bond donors (Lipinski definition) is 1. The highest BCUT2D eigenvalue weighted by Gasteiger charge is 2.35. The van der Waals surface area contributed by atoms with E-state index in [1.807, 2.05) is 66.7 Å². The van der Waals surface area contributed by atoms with Gasteiger partial charge in [-0.3, -0.25) is 9.36 Å². The van der Waals surface area contributed by atoms with Crippen LogP contribution in [0.15, 0.2) is 112 Å². The van der Waals surface area contributed by atoms with Gasteiger partial charge >= 0.3 is 5.97 Å². The zero-order chi connectivity index (χ0) is 31.9. The standard InChI is InChI=1S/C38H30ClN3O3S/c1-4-45-37(44)31-34(25-13-9-6-10-14-25)41-38-42(35(31)26-15-17-27(39)18-16-26)36(43)30(46-38)21-29-28-20-22(2)19-23(3)32(28)40-33(29)24-11-7-5-8-12-24/h5-21,35,40H,4H2,1-3H3/b30-21+/t35-/m1/s1. The van der Waals surface area contributed by atoms with E-state index in [-0.39, 0.29) is 12.2 Å². The van der Waals surface area contributed by atoms with Crippen molar-refractivity contribution in [2.24, 2.45) is 4.99 Å². The van der Waals surface area contributed by atoms with Crippen molar-refractivity contribution in [3.05, 3.63) is 155 Å². The number of benzene rings is 4. The monoisotopic (exact) mass is 643 g/mol. The number of aromatic nitrogens is 2. The number of ether oxygens (including phenoxy) is 1. The number of nitrogens with zero attached hydrogens (tertiary/aromatic N) is 2. The number of carbonyl (C=O) groups excluding carboxylic acids is 1. The summed E-state index contributed by atoms with van der Waals surface area (Å²) < 4.78 is 7.71. The van der Waals surface area contributed by atoms with Crippen LogP contribution >= 0.6 is 22.9 Å². The van der Waals surface area contributed by atoms with Crippen LogP contribution in [0.3, 0.4) is 0 Å². The molecule has 6 nitrogen and oxygen atoms in total. The highest BCUT2D eigenvalue weighted by molar-refractivity contribution is 7.07. The van der Waals surface area contributed by atoms with Gasteiger partial charge in [0.2, 0.25) is 0 Å². The number of esters is 1. The lowest BCUT2D eigenvalue weighted by atomic mass is 9.93. The van der Waals surface area contributed by atoms with Gasteiger partial charge in [-0.05, 0) is 61.7 Å². The molecule has 3 heterocycles. The number of hydrogen-bond acceptors (Lipinski definition) is 5. The van der Waals surface area contributed by atoms with E-state index in [0.717, 1.165) is 50.0 Å². The molecule has 2 aromatic heterocycles. The molecule has 0 saturated carbocycles. The number of nitrogens with one attached hydrogen (secondary N) is 1. The third kappa shape index (κ3) is 5.21. The smallest absolute Gasteiger partial charge is 0.338 e. The number of fused-ring (bicyclic) bond motifs is 2. The lowest BCUT2D eigenvalue weighted by molar-refractivity contribution is -0.138. The molecule has 4 aromatic carbocycles. The van der Waals surface area contributed by atoms with Crippen LogP contribution in [0, 0.1) is 13.8 Å². The number of H-pyrrole nitrogens is 1. The van der Waals surface area contributed by atoms with E-state index in [9.17, 15) is 9.59 Å². The normalized spacial score (nSPS) is 14.8. The Balaban J connectivity index is 1.55. The first-order chi connectivity index (χ1) is 22.3. The van der Waals surface area contributed by atoms with Gasteiger partial charge in [-0.15, -0.1) is 0 Å². The molecule has 6 aromatic rings. The SMILES string of the molecule is CCOC(=O)C1=C(c2ccccc2)N=c2s/c(=C/c3c(-c4ccccc4)[nH]c4c(C)cc(C)cc34)c(=O)n2[C@@H]1c1ccc(Cl)cc1. The molecule has 1 aliphatic heterocycles. The summed E-state index contributed by atoms with van der Waals surface area (Å²) in [4.78, 5) is 37.4. The van der Waals surface area contributed by atoms with Crippen molar-refractivity contribution in [3.8, 4) is 11.3 Å². The van der Waals surface area contributed by atoms with Crippen LogP contribution in [0.5, 0.6) is 0 Å². The Morgan fingerprint density at radius 3 is 2.33 bits per heavy atom. The molecule has 0 spiro atoms. The molecule has 0 unspecified atom stereocenters. The van der Waals surface area contributed by atoms with Crippen LogP contribution in [0.4, 0.5) is 0 Å². The first-order valence-electron chi connectivity index (χ1n) is 15.1. The summed E-state index contributed by atoms with van der Waals surface area (Å²) in [7, 11) is 0. The van der Waals surface area contributed by atoms with Crippen LogP contribution in [0.2, 0.25) is 5.02 Å². The van der Waals surface area contributed by atoms with Gasteiger partial charge < -0.3 is 9.72 Å². The van der Waals surface area contributed by atoms with Crippen LogP contribution < -0.4 is 14.9 Å². The van der Waals surface area contributed by atoms with E-state index in [4.69, 9.17) is 21.3 Å². The largest absolute Gasteiger partial charge is 0.463 e. The first kappa shape index (κ1) is 29.7. The highest BCUT2D eigenvalue weighted by Crippen LogP contribution is 2.36. The summed E-state index contributed by atoms with van der Waals surface area (Å²) in [5.74, 6) is -0.520. The second kappa shape index (κ2) is 12.1. The number of carbonyl (C=O) groups is 1. The van der Waals surface area contributed by atoms with E-state index in [1.165, 1.54) is 11.3 Å². The minimum Gasteiger partial charge on any atom is -0.463 e. The maximum absolute atomic E-state index is 14.5. The maximum Gasteiger partial charge on any atom is 0.338 e. The number of halogens is 1. The van der Waals surface area contributed by atoms with E-state index in [2.05, 4.69) is 43.1 Å². The summed E-state index contributed by atoms with van der Waals surface area (Å²) in [6, 6.07) is 30.4. The zero-order valence-electron chi connectivity index (χ0n) is 25.5. The van der Waals surface area contributed by atoms with Gasteiger partial charge in [0, 0.05) is 27.1 Å². The zero-order valence-corrected chi connectivity index (χ0v) is 27.1. The molecule has 0 bridgehead atoms. The lowest BCUT2D eigenvalue weighted by Crippen LogP contribution is -2.40. The summed E-state index contributed by atoms with van der Waals surface area (Å²) >= 11 is 7.59. The maximum atomic E-state index is 14.5. The molecular formula is C38H30ClN3O3S. The predicted molar refractivity (Wildman–Crippen MR) is 186 cm³/mol. The molecule has 8 heteroatoms. The quantitative estimate of drug-likeness (QED) is 0.193. The van der Waals surface area contributed by atoms with Gasteiger partial charge in [0.05, 0.1) is 34.1 Å². The third-order valence-electron chi connectivity index (χ3n) is 8.19. The van der Waals surface area contributed by atoms with E-state index in [1.54, 1.807) is 23.6 Å². The van der Waals surface area contributed by atoms with Gasteiger partial charge in [0.15, 0.2) is 4.80 Å². The van der Waals surface area contributed by atoms with E-state index >= 15 is 0 Å². The Labute approximate surface area is 274 Å². The number of rotatable bonds is 6. The molecule has 0 radical (unpaired) electrons. The fraction of sp³-hybridized carbons (Fsp3) is 0.132. The average molecular weight is 644 g/mol. The van der Waals surface area contributed by atoms with Crippen molar-refractivity contribution >= 4 is 51.6 Å². The van der Waals surface area contributed by atoms with E-state index in [0.29, 0.717) is 25.6 Å². The van der Waals surface area contributed by atoms with Gasteiger partial charge in [-0.1, -0.05) is 107 Å². The second-order valence-corrected chi connectivity index (χ2v) is 12.7. The molecule has 1 aliphatic rings. The van der Waals surface area contributed by atoms with Crippen molar-refractivity contribution < 1.29 is 9.53 Å². The lowest BCUT2D eigenvalue weighted by Gasteiger charge is -2.25. The summed E-state index contributed by atoms with van der Waals surface area (Å²) in [5, 5.41) is 1.59. The van der Waals surface area contributed by atoms with Crippen molar-refractivity contribution in [3.63, 3.8) is 0 Å². The van der Waals surface area contributed by atoms with E-state index < -0.39 is 12.0 Å². The Bertz CT molecular complexity index is 2330. The van der Waals surface area contributed by atoms with Crippen LogP contribution in [-0.2, 0) is 9.53 Å². The molecule has 7 rings (SSSR count). The van der Waals surface area contributed by atoms with Gasteiger partial charge in [-0.25, -0.2) is 9.79 Å². The molecule has 1 atom stereocenters. The number of aryl methyl sites for hydroxylation is 2. The Hall–Kier alpha value is -4.98. The summed E-state index contributed by atoms with van der Waals surface area (Å²) in [5.41, 5.74) is 8.20. The van der Waals surface area contributed by atoms with Crippen LogP contribution in [-0.4, -0.2) is 22.1 Å². The molecule has 0 fully saturated rings. The third-order valence-corrected chi connectivity index (χ3v) is 9.42. The minimum absolute atomic E-state index is 0.184. The predicted octanol–water partition coefficient (Wildman–Crippen LogP) is 7.35. The Kier molecular flexibility index (Phi) is 7.80. The molecular weight excluding hydrogens is 614 g/mol. The Morgan fingerprint density at radius 2 is 1.65 bits per heavy atom. The van der Waals surface area contributed by atoms with Crippen molar-refractivity contribution in [2.75, 3.05) is 6.61 Å². The molecule has 46 heavy (non-hydrogen) atoms. The average Bonchev–Trinajstić information content (AvgIpc) is 3.58. The minimum atomic E-state index is -0.772. The van der Waals surface area contributed by atoms with Crippen LogP contribution in [0.1, 0.15) is 40.8 Å². The highest BCUT2D eigenvalue weighted by atomic mass is 35.5. The topological polar surface area (TPSA) is 76.4 Å². The number of thiazole rings is 1.